The fourth-order valence-corrected chi connectivity index (χ4v) is 3.50. The summed E-state index contributed by atoms with van der Waals surface area (Å²) in [6.07, 6.45) is 6.68. The summed E-state index contributed by atoms with van der Waals surface area (Å²) in [4.78, 5) is 23.3. The van der Waals surface area contributed by atoms with E-state index in [2.05, 4.69) is 47.1 Å². The minimum atomic E-state index is 0.0366. The molecule has 1 fully saturated rings. The molecule has 1 saturated heterocycles. The van der Waals surface area contributed by atoms with E-state index in [1.807, 2.05) is 4.90 Å². The topological polar surface area (TPSA) is 63.9 Å². The number of pyridine rings is 1. The van der Waals surface area contributed by atoms with Crippen LogP contribution in [-0.4, -0.2) is 37.1 Å². The van der Waals surface area contributed by atoms with E-state index < -0.39 is 0 Å². The van der Waals surface area contributed by atoms with Crippen molar-refractivity contribution in [3.8, 4) is 5.82 Å². The highest BCUT2D eigenvalue weighted by Gasteiger charge is 2.31. The summed E-state index contributed by atoms with van der Waals surface area (Å²) in [6.45, 7) is 5.00. The Morgan fingerprint density at radius 2 is 2.04 bits per heavy atom. The van der Waals surface area contributed by atoms with Crippen LogP contribution in [0.4, 0.5) is 0 Å². The number of benzene rings is 1. The lowest BCUT2D eigenvalue weighted by molar-refractivity contribution is 0.0735. The van der Waals surface area contributed by atoms with E-state index in [1.165, 1.54) is 23.0 Å². The van der Waals surface area contributed by atoms with Gasteiger partial charge in [-0.25, -0.2) is 14.6 Å². The van der Waals surface area contributed by atoms with E-state index in [-0.39, 0.29) is 11.9 Å². The van der Waals surface area contributed by atoms with Gasteiger partial charge in [-0.05, 0) is 55.5 Å². The molecule has 1 aliphatic heterocycles. The van der Waals surface area contributed by atoms with E-state index >= 15 is 0 Å². The average molecular weight is 347 g/mol. The van der Waals surface area contributed by atoms with Crippen LogP contribution < -0.4 is 0 Å². The second-order valence-corrected chi connectivity index (χ2v) is 6.74. The van der Waals surface area contributed by atoms with E-state index in [9.17, 15) is 4.79 Å². The first-order chi connectivity index (χ1) is 12.6. The minimum Gasteiger partial charge on any atom is -0.332 e. The molecule has 1 aliphatic rings. The molecule has 0 N–H and O–H groups in total. The van der Waals surface area contributed by atoms with Gasteiger partial charge in [-0.15, -0.1) is 0 Å². The van der Waals surface area contributed by atoms with Gasteiger partial charge in [0.15, 0.2) is 5.82 Å². The van der Waals surface area contributed by atoms with Crippen molar-refractivity contribution >= 4 is 5.91 Å². The second-order valence-electron chi connectivity index (χ2n) is 6.74. The summed E-state index contributed by atoms with van der Waals surface area (Å²) >= 11 is 0. The molecule has 6 heteroatoms. The molecule has 0 bridgehead atoms. The van der Waals surface area contributed by atoms with Gasteiger partial charge in [0.05, 0.1) is 6.04 Å². The summed E-state index contributed by atoms with van der Waals surface area (Å²) in [7, 11) is 0. The van der Waals surface area contributed by atoms with Crippen LogP contribution in [0.25, 0.3) is 5.82 Å². The summed E-state index contributed by atoms with van der Waals surface area (Å²) in [5.41, 5.74) is 4.38. The number of carbonyl (C=O) groups excluding carboxylic acids is 1. The van der Waals surface area contributed by atoms with Crippen molar-refractivity contribution in [3.05, 3.63) is 71.4 Å². The number of hydrogen-bond donors (Lipinski definition) is 0. The zero-order chi connectivity index (χ0) is 18.1. The predicted octanol–water partition coefficient (Wildman–Crippen LogP) is 3.26. The van der Waals surface area contributed by atoms with Crippen LogP contribution in [0.3, 0.4) is 0 Å². The van der Waals surface area contributed by atoms with Gasteiger partial charge in [0.1, 0.15) is 12.7 Å². The molecule has 0 saturated carbocycles. The maximum Gasteiger partial charge on any atom is 0.254 e. The number of aromatic nitrogens is 4. The standard InChI is InChI=1S/C20H21N5O/c1-14-5-6-16(10-15(14)2)18-4-3-9-24(18)20(26)17-7-8-22-19(11-17)25-13-21-12-23-25/h5-8,10-13,18H,3-4,9H2,1-2H3/t18-/m1/s1. The lowest BCUT2D eigenvalue weighted by atomic mass is 9.99. The van der Waals surface area contributed by atoms with Crippen molar-refractivity contribution in [1.29, 1.82) is 0 Å². The van der Waals surface area contributed by atoms with Gasteiger partial charge in [-0.1, -0.05) is 18.2 Å². The molecule has 0 aliphatic carbocycles. The van der Waals surface area contributed by atoms with Gasteiger partial charge in [0.2, 0.25) is 0 Å². The molecular weight excluding hydrogens is 326 g/mol. The minimum absolute atomic E-state index is 0.0366. The summed E-state index contributed by atoms with van der Waals surface area (Å²) < 4.78 is 1.56. The Balaban J connectivity index is 1.63. The van der Waals surface area contributed by atoms with Gasteiger partial charge in [-0.3, -0.25) is 4.79 Å². The smallest absolute Gasteiger partial charge is 0.254 e. The van der Waals surface area contributed by atoms with Crippen LogP contribution in [-0.2, 0) is 0 Å². The molecule has 0 spiro atoms. The van der Waals surface area contributed by atoms with Crippen LogP contribution in [0.2, 0.25) is 0 Å². The lowest BCUT2D eigenvalue weighted by Gasteiger charge is -2.26. The van der Waals surface area contributed by atoms with Crippen LogP contribution in [0.1, 0.15) is 45.9 Å². The Labute approximate surface area is 152 Å². The van der Waals surface area contributed by atoms with Crippen molar-refractivity contribution < 1.29 is 4.79 Å². The van der Waals surface area contributed by atoms with Gasteiger partial charge in [0, 0.05) is 18.3 Å². The third-order valence-corrected chi connectivity index (χ3v) is 5.08. The fraction of sp³-hybridized carbons (Fsp3) is 0.300. The number of nitrogens with zero attached hydrogens (tertiary/aromatic N) is 5. The first-order valence-corrected chi connectivity index (χ1v) is 8.82. The molecule has 6 nitrogen and oxygen atoms in total. The van der Waals surface area contributed by atoms with E-state index in [1.54, 1.807) is 29.3 Å². The largest absolute Gasteiger partial charge is 0.332 e. The third-order valence-electron chi connectivity index (χ3n) is 5.08. The van der Waals surface area contributed by atoms with Gasteiger partial charge in [0.25, 0.3) is 5.91 Å². The van der Waals surface area contributed by atoms with E-state index in [4.69, 9.17) is 0 Å². The normalized spacial score (nSPS) is 16.8. The summed E-state index contributed by atoms with van der Waals surface area (Å²) in [5, 5.41) is 4.08. The number of rotatable bonds is 3. The molecule has 4 rings (SSSR count). The van der Waals surface area contributed by atoms with Crippen LogP contribution in [0.15, 0.2) is 49.2 Å². The first kappa shape index (κ1) is 16.4. The molecule has 132 valence electrons. The van der Waals surface area contributed by atoms with Crippen molar-refractivity contribution in [2.45, 2.75) is 32.7 Å². The number of hydrogen-bond acceptors (Lipinski definition) is 4. The summed E-state index contributed by atoms with van der Waals surface area (Å²) in [6, 6.07) is 10.2. The Kier molecular flexibility index (Phi) is 4.24. The molecule has 1 amide bonds. The van der Waals surface area contributed by atoms with Crippen LogP contribution in [0.5, 0.6) is 0 Å². The molecule has 26 heavy (non-hydrogen) atoms. The Morgan fingerprint density at radius 1 is 1.15 bits per heavy atom. The quantitative estimate of drug-likeness (QED) is 0.729. The number of amides is 1. The highest BCUT2D eigenvalue weighted by Crippen LogP contribution is 2.34. The number of aryl methyl sites for hydroxylation is 2. The van der Waals surface area contributed by atoms with E-state index in [0.717, 1.165) is 19.4 Å². The third kappa shape index (κ3) is 2.98. The molecular formula is C20H21N5O. The Hall–Kier alpha value is -3.02. The summed E-state index contributed by atoms with van der Waals surface area (Å²) in [5.74, 6) is 0.629. The van der Waals surface area contributed by atoms with Gasteiger partial charge < -0.3 is 4.90 Å². The first-order valence-electron chi connectivity index (χ1n) is 8.82. The SMILES string of the molecule is Cc1ccc([C@H]2CCCN2C(=O)c2ccnc(-n3cncn3)c2)cc1C. The monoisotopic (exact) mass is 347 g/mol. The zero-order valence-corrected chi connectivity index (χ0v) is 15.0. The highest BCUT2D eigenvalue weighted by molar-refractivity contribution is 5.95. The fourth-order valence-electron chi connectivity index (χ4n) is 3.50. The van der Waals surface area contributed by atoms with Crippen molar-refractivity contribution in [3.63, 3.8) is 0 Å². The highest BCUT2D eigenvalue weighted by atomic mass is 16.2. The van der Waals surface area contributed by atoms with Crippen molar-refractivity contribution in [2.24, 2.45) is 0 Å². The molecule has 0 unspecified atom stereocenters. The van der Waals surface area contributed by atoms with Crippen molar-refractivity contribution in [2.75, 3.05) is 6.54 Å². The number of carbonyl (C=O) groups is 1. The molecule has 0 radical (unpaired) electrons. The predicted molar refractivity (Wildman–Crippen MR) is 98.1 cm³/mol. The second kappa shape index (κ2) is 6.71. The molecule has 2 aromatic heterocycles. The Bertz CT molecular complexity index is 935. The average Bonchev–Trinajstić information content (AvgIpc) is 3.35. The van der Waals surface area contributed by atoms with Gasteiger partial charge in [-0.2, -0.15) is 5.10 Å². The van der Waals surface area contributed by atoms with E-state index in [0.29, 0.717) is 11.4 Å². The molecule has 1 atom stereocenters. The zero-order valence-electron chi connectivity index (χ0n) is 15.0. The maximum atomic E-state index is 13.2. The Morgan fingerprint density at radius 3 is 2.81 bits per heavy atom. The molecule has 1 aromatic carbocycles. The molecule has 3 aromatic rings. The number of likely N-dealkylation sites (tertiary alicyclic amines) is 1. The van der Waals surface area contributed by atoms with Gasteiger partial charge >= 0.3 is 0 Å². The lowest BCUT2D eigenvalue weighted by Crippen LogP contribution is -2.30. The van der Waals surface area contributed by atoms with Crippen molar-refractivity contribution in [1.82, 2.24) is 24.6 Å². The molecule has 3 heterocycles. The van der Waals surface area contributed by atoms with Crippen LogP contribution in [0, 0.1) is 13.8 Å². The maximum absolute atomic E-state index is 13.2. The van der Waals surface area contributed by atoms with Crippen LogP contribution >= 0.6 is 0 Å².